The summed E-state index contributed by atoms with van der Waals surface area (Å²) in [6, 6.07) is 1.39. The minimum Gasteiger partial charge on any atom is -0.346 e. The van der Waals surface area contributed by atoms with Gasteiger partial charge in [0.05, 0.1) is 22.6 Å². The van der Waals surface area contributed by atoms with Gasteiger partial charge in [0.2, 0.25) is 0 Å². The Labute approximate surface area is 132 Å². The van der Waals surface area contributed by atoms with E-state index in [-0.39, 0.29) is 22.8 Å². The molecule has 2 rings (SSSR count). The third kappa shape index (κ3) is 4.07. The van der Waals surface area contributed by atoms with E-state index in [0.717, 1.165) is 4.57 Å². The number of nitrogens with one attached hydrogen (secondary N) is 1. The Kier molecular flexibility index (Phi) is 4.29. The van der Waals surface area contributed by atoms with Crippen molar-refractivity contribution in [2.24, 2.45) is 0 Å². The first-order valence-corrected chi connectivity index (χ1v) is 8.90. The van der Waals surface area contributed by atoms with Crippen molar-refractivity contribution in [3.8, 4) is 0 Å². The standard InChI is InChI=1S/C14H19F3N2O3S/c1-9-6-11(10(2)19(9)7-14(15,16)17)12(20)18-13(3)4-5-23(21,22)8-13/h6H,4-5,7-8H2,1-3H3,(H,18,20)/t13-/m0/s1. The molecule has 2 heterocycles. The molecule has 0 unspecified atom stereocenters. The van der Waals surface area contributed by atoms with Gasteiger partial charge in [-0.2, -0.15) is 13.2 Å². The molecule has 1 N–H and O–H groups in total. The molecule has 23 heavy (non-hydrogen) atoms. The second-order valence-electron chi connectivity index (χ2n) is 6.34. The molecule has 1 fully saturated rings. The van der Waals surface area contributed by atoms with Crippen molar-refractivity contribution in [2.75, 3.05) is 11.5 Å². The van der Waals surface area contributed by atoms with Crippen LogP contribution in [0.2, 0.25) is 0 Å². The van der Waals surface area contributed by atoms with Crippen molar-refractivity contribution in [1.29, 1.82) is 0 Å². The van der Waals surface area contributed by atoms with Crippen molar-refractivity contribution in [1.82, 2.24) is 9.88 Å². The zero-order valence-electron chi connectivity index (χ0n) is 13.1. The second-order valence-corrected chi connectivity index (χ2v) is 8.53. The minimum absolute atomic E-state index is 0.00310. The summed E-state index contributed by atoms with van der Waals surface area (Å²) in [6.45, 7) is 3.41. The van der Waals surface area contributed by atoms with Gasteiger partial charge in [-0.1, -0.05) is 0 Å². The van der Waals surface area contributed by atoms with E-state index < -0.39 is 34.0 Å². The van der Waals surface area contributed by atoms with Crippen molar-refractivity contribution >= 4 is 15.7 Å². The number of amides is 1. The van der Waals surface area contributed by atoms with Gasteiger partial charge in [0.25, 0.3) is 5.91 Å². The monoisotopic (exact) mass is 352 g/mol. The van der Waals surface area contributed by atoms with Gasteiger partial charge in [-0.25, -0.2) is 8.42 Å². The van der Waals surface area contributed by atoms with Crippen LogP contribution in [-0.2, 0) is 16.4 Å². The molecular formula is C14H19F3N2O3S. The number of hydrogen-bond donors (Lipinski definition) is 1. The molecule has 0 spiro atoms. The molecule has 0 bridgehead atoms. The van der Waals surface area contributed by atoms with E-state index in [1.165, 1.54) is 19.9 Å². The van der Waals surface area contributed by atoms with Crippen LogP contribution in [0.15, 0.2) is 6.07 Å². The molecule has 1 aromatic rings. The van der Waals surface area contributed by atoms with Crippen LogP contribution in [0.25, 0.3) is 0 Å². The van der Waals surface area contributed by atoms with Gasteiger partial charge in [0.15, 0.2) is 9.84 Å². The first-order chi connectivity index (χ1) is 10.3. The van der Waals surface area contributed by atoms with Crippen LogP contribution < -0.4 is 5.32 Å². The molecule has 0 aromatic carbocycles. The normalized spacial score (nSPS) is 23.9. The van der Waals surface area contributed by atoms with E-state index in [2.05, 4.69) is 5.32 Å². The summed E-state index contributed by atoms with van der Waals surface area (Å²) in [4.78, 5) is 12.4. The summed E-state index contributed by atoms with van der Waals surface area (Å²) in [5.41, 5.74) is -0.212. The molecule has 0 radical (unpaired) electrons. The maximum Gasteiger partial charge on any atom is 0.406 e. The maximum absolute atomic E-state index is 12.6. The highest BCUT2D eigenvalue weighted by Crippen LogP contribution is 2.26. The van der Waals surface area contributed by atoms with Crippen LogP contribution in [0, 0.1) is 13.8 Å². The van der Waals surface area contributed by atoms with E-state index in [1.807, 2.05) is 0 Å². The molecule has 1 saturated heterocycles. The number of nitrogens with zero attached hydrogens (tertiary/aromatic N) is 1. The summed E-state index contributed by atoms with van der Waals surface area (Å²) in [5, 5.41) is 2.66. The van der Waals surface area contributed by atoms with Crippen molar-refractivity contribution in [2.45, 2.75) is 45.5 Å². The Morgan fingerprint density at radius 2 is 2.00 bits per heavy atom. The van der Waals surface area contributed by atoms with Gasteiger partial charge in [0, 0.05) is 11.4 Å². The number of aryl methyl sites for hydroxylation is 1. The second kappa shape index (κ2) is 5.54. The number of carbonyl (C=O) groups excluding carboxylic acids is 1. The van der Waals surface area contributed by atoms with Gasteiger partial charge < -0.3 is 9.88 Å². The van der Waals surface area contributed by atoms with E-state index in [1.54, 1.807) is 6.92 Å². The molecule has 1 aliphatic heterocycles. The lowest BCUT2D eigenvalue weighted by atomic mass is 10.0. The number of halogens is 3. The molecule has 1 aliphatic rings. The summed E-state index contributed by atoms with van der Waals surface area (Å²) in [7, 11) is -3.19. The van der Waals surface area contributed by atoms with Gasteiger partial charge >= 0.3 is 6.18 Å². The van der Waals surface area contributed by atoms with Gasteiger partial charge in [0.1, 0.15) is 6.54 Å². The molecular weight excluding hydrogens is 333 g/mol. The van der Waals surface area contributed by atoms with Gasteiger partial charge in [-0.05, 0) is 33.3 Å². The number of rotatable bonds is 3. The molecule has 1 aromatic heterocycles. The van der Waals surface area contributed by atoms with Crippen LogP contribution in [0.4, 0.5) is 13.2 Å². The van der Waals surface area contributed by atoms with Crippen LogP contribution in [0.1, 0.15) is 35.1 Å². The van der Waals surface area contributed by atoms with E-state index >= 15 is 0 Å². The minimum atomic E-state index is -4.38. The zero-order valence-corrected chi connectivity index (χ0v) is 13.9. The van der Waals surface area contributed by atoms with Crippen molar-refractivity contribution in [3.05, 3.63) is 23.0 Å². The summed E-state index contributed by atoms with van der Waals surface area (Å²) in [6.07, 6.45) is -4.09. The Morgan fingerprint density at radius 1 is 1.39 bits per heavy atom. The topological polar surface area (TPSA) is 68.2 Å². The molecule has 1 amide bonds. The van der Waals surface area contributed by atoms with Crippen molar-refractivity contribution in [3.63, 3.8) is 0 Å². The summed E-state index contributed by atoms with van der Waals surface area (Å²) in [5.74, 6) is -0.713. The lowest BCUT2D eigenvalue weighted by Gasteiger charge is -2.24. The Hall–Kier alpha value is -1.51. The SMILES string of the molecule is Cc1cc(C(=O)N[C@@]2(C)CCS(=O)(=O)C2)c(C)n1CC(F)(F)F. The Balaban J connectivity index is 2.23. The molecule has 130 valence electrons. The number of alkyl halides is 3. The van der Waals surface area contributed by atoms with E-state index in [0.29, 0.717) is 12.1 Å². The van der Waals surface area contributed by atoms with E-state index in [4.69, 9.17) is 0 Å². The predicted octanol–water partition coefficient (Wildman–Crippen LogP) is 1.97. The third-order valence-electron chi connectivity index (χ3n) is 4.07. The fourth-order valence-corrected chi connectivity index (χ4v) is 5.00. The highest BCUT2D eigenvalue weighted by Gasteiger charge is 2.40. The molecule has 1 atom stereocenters. The lowest BCUT2D eigenvalue weighted by Crippen LogP contribution is -2.47. The van der Waals surface area contributed by atoms with Crippen LogP contribution in [0.3, 0.4) is 0 Å². The molecule has 0 aliphatic carbocycles. The van der Waals surface area contributed by atoms with Gasteiger partial charge in [-0.3, -0.25) is 4.79 Å². The number of sulfone groups is 1. The molecule has 9 heteroatoms. The largest absolute Gasteiger partial charge is 0.406 e. The first kappa shape index (κ1) is 17.8. The zero-order chi connectivity index (χ0) is 17.6. The first-order valence-electron chi connectivity index (χ1n) is 7.08. The quantitative estimate of drug-likeness (QED) is 0.904. The lowest BCUT2D eigenvalue weighted by molar-refractivity contribution is -0.141. The number of carbonyl (C=O) groups is 1. The number of hydrogen-bond acceptors (Lipinski definition) is 3. The highest BCUT2D eigenvalue weighted by atomic mass is 32.2. The van der Waals surface area contributed by atoms with Crippen LogP contribution in [-0.4, -0.2) is 42.1 Å². The van der Waals surface area contributed by atoms with E-state index in [9.17, 15) is 26.4 Å². The van der Waals surface area contributed by atoms with Crippen molar-refractivity contribution < 1.29 is 26.4 Å². The Morgan fingerprint density at radius 3 is 2.48 bits per heavy atom. The Bertz CT molecular complexity index is 737. The fraction of sp³-hybridized carbons (Fsp3) is 0.643. The van der Waals surface area contributed by atoms with Gasteiger partial charge in [-0.15, -0.1) is 0 Å². The third-order valence-corrected chi connectivity index (χ3v) is 5.98. The average Bonchev–Trinajstić information content (AvgIpc) is 2.78. The van der Waals surface area contributed by atoms with Crippen LogP contribution in [0.5, 0.6) is 0 Å². The maximum atomic E-state index is 12.6. The number of aromatic nitrogens is 1. The summed E-state index contributed by atoms with van der Waals surface area (Å²) < 4.78 is 62.0. The summed E-state index contributed by atoms with van der Waals surface area (Å²) >= 11 is 0. The predicted molar refractivity (Wildman–Crippen MR) is 79.1 cm³/mol. The average molecular weight is 352 g/mol. The molecule has 0 saturated carbocycles. The van der Waals surface area contributed by atoms with Crippen LogP contribution >= 0.6 is 0 Å². The fourth-order valence-electron chi connectivity index (χ4n) is 2.90. The molecule has 5 nitrogen and oxygen atoms in total. The smallest absolute Gasteiger partial charge is 0.346 e. The highest BCUT2D eigenvalue weighted by molar-refractivity contribution is 7.91.